The molecule has 2 fully saturated rings. The Labute approximate surface area is 233 Å². The van der Waals surface area contributed by atoms with Gasteiger partial charge in [0.1, 0.15) is 0 Å². The molecule has 0 radical (unpaired) electrons. The van der Waals surface area contributed by atoms with E-state index < -0.39 is 5.91 Å². The average molecular weight is 564 g/mol. The molecular formula is C26H36Cl2N8O2. The first-order valence-corrected chi connectivity index (χ1v) is 13.9. The minimum Gasteiger partial charge on any atom is -0.382 e. The summed E-state index contributed by atoms with van der Waals surface area (Å²) in [6.45, 7) is 8.15. The maximum atomic E-state index is 11.5. The van der Waals surface area contributed by atoms with Gasteiger partial charge in [0.25, 0.3) is 5.91 Å². The van der Waals surface area contributed by atoms with E-state index in [1.54, 1.807) is 0 Å². The van der Waals surface area contributed by atoms with Crippen molar-refractivity contribution < 1.29 is 9.59 Å². The number of halogens is 2. The number of hydrogen-bond acceptors (Lipinski definition) is 8. The molecule has 2 aromatic rings. The van der Waals surface area contributed by atoms with Crippen LogP contribution in [0, 0.1) is 0 Å². The molecule has 206 valence electrons. The standard InChI is InChI=1S/C26H36Cl2N8O2/c1-2-20-15-35(26-23(28)32-22(25(30)38)24(29)33-26)11-12-36(20)21-6-9-34(10-7-21)14-18-3-4-19(27)13-17(18)5-8-31-16-37/h3-4,13,16,20-21H,2,5-12,14-15H2,1H3,(H2,29,33)(H2,30,38)(H,31,37)/t20-/m0/s1. The van der Waals surface area contributed by atoms with Gasteiger partial charge in [0.15, 0.2) is 22.5 Å². The maximum absolute atomic E-state index is 11.5. The van der Waals surface area contributed by atoms with E-state index in [2.05, 4.69) is 43.0 Å². The SMILES string of the molecule is CC[C@H]1CN(c2nc(N)c(C(N)=O)nc2Cl)CCN1C1CCN(Cc2ccc(Cl)cc2CCNC=O)CC1. The number of hydrogen-bond donors (Lipinski definition) is 3. The average Bonchev–Trinajstić information content (AvgIpc) is 2.91. The van der Waals surface area contributed by atoms with Crippen molar-refractivity contribution in [3.05, 3.63) is 45.2 Å². The van der Waals surface area contributed by atoms with Crippen LogP contribution in [0.25, 0.3) is 0 Å². The number of nitrogens with two attached hydrogens (primary N) is 2. The number of rotatable bonds is 10. The van der Waals surface area contributed by atoms with Crippen molar-refractivity contribution in [2.75, 3.05) is 49.9 Å². The van der Waals surface area contributed by atoms with Crippen LogP contribution >= 0.6 is 23.2 Å². The molecule has 2 aliphatic heterocycles. The molecule has 10 nitrogen and oxygen atoms in total. The highest BCUT2D eigenvalue weighted by Crippen LogP contribution is 2.30. The summed E-state index contributed by atoms with van der Waals surface area (Å²) in [7, 11) is 0. The highest BCUT2D eigenvalue weighted by molar-refractivity contribution is 6.32. The van der Waals surface area contributed by atoms with E-state index in [4.69, 9.17) is 34.7 Å². The van der Waals surface area contributed by atoms with Crippen LogP contribution in [0.2, 0.25) is 10.2 Å². The van der Waals surface area contributed by atoms with Crippen LogP contribution in [0.15, 0.2) is 18.2 Å². The van der Waals surface area contributed by atoms with Gasteiger partial charge in [0.05, 0.1) is 0 Å². The Balaban J connectivity index is 1.35. The van der Waals surface area contributed by atoms with E-state index in [0.717, 1.165) is 76.4 Å². The van der Waals surface area contributed by atoms with Crippen molar-refractivity contribution in [1.29, 1.82) is 0 Å². The molecule has 0 spiro atoms. The fraction of sp³-hybridized carbons (Fsp3) is 0.538. The summed E-state index contributed by atoms with van der Waals surface area (Å²) in [6.07, 6.45) is 4.70. The number of piperidine rings is 1. The van der Waals surface area contributed by atoms with E-state index in [1.807, 2.05) is 12.1 Å². The van der Waals surface area contributed by atoms with Gasteiger partial charge < -0.3 is 21.7 Å². The molecule has 1 aromatic carbocycles. The lowest BCUT2D eigenvalue weighted by atomic mass is 9.97. The number of nitrogens with zero attached hydrogens (tertiary/aromatic N) is 5. The third-order valence-electron chi connectivity index (χ3n) is 7.61. The number of nitrogen functional groups attached to an aromatic ring is 1. The summed E-state index contributed by atoms with van der Waals surface area (Å²) in [5.74, 6) is -0.235. The quantitative estimate of drug-likeness (QED) is 0.296. The Kier molecular flexibility index (Phi) is 9.64. The molecule has 1 aromatic heterocycles. The van der Waals surface area contributed by atoms with E-state index in [-0.39, 0.29) is 16.7 Å². The van der Waals surface area contributed by atoms with Gasteiger partial charge in [-0.2, -0.15) is 0 Å². The summed E-state index contributed by atoms with van der Waals surface area (Å²) in [5.41, 5.74) is 13.6. The second-order valence-corrected chi connectivity index (χ2v) is 10.7. The number of carbonyl (C=O) groups is 2. The highest BCUT2D eigenvalue weighted by Gasteiger charge is 2.34. The zero-order valence-corrected chi connectivity index (χ0v) is 23.2. The zero-order chi connectivity index (χ0) is 27.2. The van der Waals surface area contributed by atoms with Gasteiger partial charge in [0.2, 0.25) is 6.41 Å². The molecule has 38 heavy (non-hydrogen) atoms. The van der Waals surface area contributed by atoms with Crippen LogP contribution in [0.5, 0.6) is 0 Å². The Morgan fingerprint density at radius 2 is 1.92 bits per heavy atom. The fourth-order valence-corrected chi connectivity index (χ4v) is 6.05. The Bertz CT molecular complexity index is 1140. The van der Waals surface area contributed by atoms with Gasteiger partial charge in [0, 0.05) is 49.8 Å². The molecule has 4 rings (SSSR count). The molecule has 0 aliphatic carbocycles. The Hall–Kier alpha value is -2.66. The van der Waals surface area contributed by atoms with Crippen LogP contribution in [-0.2, 0) is 17.8 Å². The molecule has 0 bridgehead atoms. The first-order chi connectivity index (χ1) is 18.3. The maximum Gasteiger partial charge on any atom is 0.271 e. The van der Waals surface area contributed by atoms with E-state index in [1.165, 1.54) is 11.1 Å². The Morgan fingerprint density at radius 3 is 2.61 bits per heavy atom. The van der Waals surface area contributed by atoms with E-state index in [0.29, 0.717) is 24.4 Å². The number of amides is 2. The molecule has 2 amide bonds. The lowest BCUT2D eigenvalue weighted by Gasteiger charge is -2.47. The van der Waals surface area contributed by atoms with Gasteiger partial charge in [-0.25, -0.2) is 9.97 Å². The van der Waals surface area contributed by atoms with Crippen molar-refractivity contribution >= 4 is 47.2 Å². The topological polar surface area (TPSA) is 134 Å². The van der Waals surface area contributed by atoms with E-state index in [9.17, 15) is 9.59 Å². The van der Waals surface area contributed by atoms with Crippen molar-refractivity contribution in [2.45, 2.75) is 51.2 Å². The van der Waals surface area contributed by atoms with Crippen molar-refractivity contribution in [1.82, 2.24) is 25.1 Å². The lowest BCUT2D eigenvalue weighted by Crippen LogP contribution is -2.58. The van der Waals surface area contributed by atoms with Gasteiger partial charge in [-0.3, -0.25) is 19.4 Å². The van der Waals surface area contributed by atoms with Gasteiger partial charge in [-0.1, -0.05) is 36.2 Å². The summed E-state index contributed by atoms with van der Waals surface area (Å²) < 4.78 is 0. The monoisotopic (exact) mass is 562 g/mol. The third kappa shape index (κ3) is 6.66. The number of piperazine rings is 1. The number of nitrogens with one attached hydrogen (secondary N) is 1. The smallest absolute Gasteiger partial charge is 0.271 e. The van der Waals surface area contributed by atoms with Crippen LogP contribution in [-0.4, -0.2) is 83.4 Å². The van der Waals surface area contributed by atoms with Crippen molar-refractivity contribution in [3.8, 4) is 0 Å². The van der Waals surface area contributed by atoms with E-state index >= 15 is 0 Å². The third-order valence-corrected chi connectivity index (χ3v) is 8.09. The number of aromatic nitrogens is 2. The fourth-order valence-electron chi connectivity index (χ4n) is 5.60. The van der Waals surface area contributed by atoms with Gasteiger partial charge in [-0.05, 0) is 62.0 Å². The zero-order valence-electron chi connectivity index (χ0n) is 21.7. The molecule has 5 N–H and O–H groups in total. The molecule has 1 atom stereocenters. The first kappa shape index (κ1) is 28.4. The molecule has 0 saturated carbocycles. The molecule has 12 heteroatoms. The number of carbonyl (C=O) groups excluding carboxylic acids is 2. The minimum atomic E-state index is -0.742. The van der Waals surface area contributed by atoms with Gasteiger partial charge in [-0.15, -0.1) is 0 Å². The predicted octanol–water partition coefficient (Wildman–Crippen LogP) is 2.32. The van der Waals surface area contributed by atoms with Crippen molar-refractivity contribution in [3.63, 3.8) is 0 Å². The summed E-state index contributed by atoms with van der Waals surface area (Å²) >= 11 is 12.6. The summed E-state index contributed by atoms with van der Waals surface area (Å²) in [5, 5.41) is 3.61. The molecule has 3 heterocycles. The Morgan fingerprint density at radius 1 is 1.16 bits per heavy atom. The second kappa shape index (κ2) is 12.9. The highest BCUT2D eigenvalue weighted by atomic mass is 35.5. The summed E-state index contributed by atoms with van der Waals surface area (Å²) in [6, 6.07) is 6.92. The predicted molar refractivity (Wildman–Crippen MR) is 150 cm³/mol. The number of primary amides is 1. The van der Waals surface area contributed by atoms with Crippen LogP contribution in [0.3, 0.4) is 0 Å². The lowest BCUT2D eigenvalue weighted by molar-refractivity contribution is -0.109. The number of anilines is 2. The van der Waals surface area contributed by atoms with Gasteiger partial charge >= 0.3 is 0 Å². The minimum absolute atomic E-state index is 0.00333. The molecule has 2 aliphatic rings. The normalized spacial score (nSPS) is 19.4. The molecule has 2 saturated heterocycles. The second-order valence-electron chi connectivity index (χ2n) is 9.92. The van der Waals surface area contributed by atoms with Crippen molar-refractivity contribution in [2.24, 2.45) is 5.73 Å². The number of likely N-dealkylation sites (tertiary alicyclic amines) is 1. The molecular weight excluding hydrogens is 527 g/mol. The van der Waals surface area contributed by atoms with Crippen LogP contribution < -0.4 is 21.7 Å². The van der Waals surface area contributed by atoms with Crippen LogP contribution in [0.1, 0.15) is 47.8 Å². The number of benzene rings is 1. The largest absolute Gasteiger partial charge is 0.382 e. The van der Waals surface area contributed by atoms with Crippen LogP contribution in [0.4, 0.5) is 11.6 Å². The summed E-state index contributed by atoms with van der Waals surface area (Å²) in [4.78, 5) is 37.9. The molecule has 0 unspecified atom stereocenters. The first-order valence-electron chi connectivity index (χ1n) is 13.1.